The number of allylic oxidation sites excluding steroid dienone is 2. The van der Waals surface area contributed by atoms with Gasteiger partial charge in [0.05, 0.1) is 0 Å². The summed E-state index contributed by atoms with van der Waals surface area (Å²) >= 11 is 0. The molecule has 5 rings (SSSR count). The van der Waals surface area contributed by atoms with Gasteiger partial charge in [-0.3, -0.25) is 0 Å². The van der Waals surface area contributed by atoms with Gasteiger partial charge in [-0.15, -0.1) is 0 Å². The zero-order chi connectivity index (χ0) is 36.0. The molecule has 1 aliphatic rings. The molecule has 0 amide bonds. The molecular formula is C48H62N2Ni. The summed E-state index contributed by atoms with van der Waals surface area (Å²) in [5.74, 6) is 0. The number of hydrogen-bond acceptors (Lipinski definition) is 0. The minimum atomic E-state index is 0. The number of unbranched alkanes of at least 4 members (excludes halogenated alkanes) is 10. The summed E-state index contributed by atoms with van der Waals surface area (Å²) < 4.78 is 1.44. The van der Waals surface area contributed by atoms with Gasteiger partial charge in [0.2, 0.25) is 11.4 Å². The van der Waals surface area contributed by atoms with E-state index in [1.807, 2.05) is 48.5 Å². The van der Waals surface area contributed by atoms with Crippen molar-refractivity contribution in [3.8, 4) is 0 Å². The van der Waals surface area contributed by atoms with Crippen LogP contribution in [0, 0.1) is 26.0 Å². The number of hydrogen-bond donors (Lipinski definition) is 0. The Balaban J connectivity index is 0.000000494. The zero-order valence-corrected chi connectivity index (χ0v) is 33.3. The average molecular weight is 726 g/mol. The van der Waals surface area contributed by atoms with E-state index >= 15 is 0 Å². The van der Waals surface area contributed by atoms with Gasteiger partial charge in [-0.1, -0.05) is 116 Å². The van der Waals surface area contributed by atoms with E-state index < -0.39 is 0 Å². The Morgan fingerprint density at radius 3 is 1.18 bits per heavy atom. The number of nitrogens with zero attached hydrogens (tertiary/aromatic N) is 2. The number of rotatable bonds is 16. The minimum absolute atomic E-state index is 0. The van der Waals surface area contributed by atoms with E-state index in [-0.39, 0.29) is 16.5 Å². The molecule has 0 radical (unpaired) electrons. The van der Waals surface area contributed by atoms with E-state index in [2.05, 4.69) is 102 Å². The van der Waals surface area contributed by atoms with Crippen LogP contribution in [0.4, 0.5) is 0 Å². The number of aryl methyl sites for hydroxylation is 4. The standard InChI is InChI=1S/C34H48N2.2C7H7.Ni/c1-5-7-9-11-13-15-19-29-21-17-23-31(25-29)33-27(3)28(4)34(36(33)35)32-24-18-22-30(26-32)20-16-14-12-10-8-6-2;2*1-7-5-3-2-4-6-7;/h17-18,21-26H,5-16,19-20H2,1-4H3;2*3-6H,1H3;/q;2*-1;+2. The molecule has 0 spiro atoms. The van der Waals surface area contributed by atoms with E-state index in [9.17, 15) is 5.53 Å². The van der Waals surface area contributed by atoms with Crippen LogP contribution in [0.15, 0.2) is 108 Å². The second-order valence-electron chi connectivity index (χ2n) is 13.9. The molecule has 51 heavy (non-hydrogen) atoms. The summed E-state index contributed by atoms with van der Waals surface area (Å²) in [5, 5.41) is 0. The van der Waals surface area contributed by atoms with Crippen molar-refractivity contribution in [1.82, 2.24) is 0 Å². The first kappa shape index (κ1) is 43.6. The fraction of sp³-hybridized carbons (Fsp3) is 0.417. The van der Waals surface area contributed by atoms with Crippen LogP contribution in [0.5, 0.6) is 0 Å². The molecule has 4 aromatic rings. The molecule has 0 aromatic heterocycles. The van der Waals surface area contributed by atoms with Crippen molar-refractivity contribution in [3.05, 3.63) is 159 Å². The van der Waals surface area contributed by atoms with Crippen LogP contribution in [0.2, 0.25) is 0 Å². The zero-order valence-electron chi connectivity index (χ0n) is 32.3. The first-order valence-electron chi connectivity index (χ1n) is 19.3. The molecule has 3 heteroatoms. The van der Waals surface area contributed by atoms with E-state index in [4.69, 9.17) is 0 Å². The topological polar surface area (TPSA) is 25.3 Å². The fourth-order valence-electron chi connectivity index (χ4n) is 6.37. The minimum Gasteiger partial charge on any atom is -0.493 e. The third-order valence-corrected chi connectivity index (χ3v) is 9.51. The Morgan fingerprint density at radius 1 is 0.490 bits per heavy atom. The molecule has 0 bridgehead atoms. The molecule has 0 N–H and O–H groups in total. The Labute approximate surface area is 321 Å². The van der Waals surface area contributed by atoms with E-state index in [0.717, 1.165) is 46.5 Å². The Kier molecular flexibility index (Phi) is 21.7. The van der Waals surface area contributed by atoms with Gasteiger partial charge >= 0.3 is 16.5 Å². The second-order valence-corrected chi connectivity index (χ2v) is 13.9. The van der Waals surface area contributed by atoms with Crippen LogP contribution in [-0.2, 0) is 29.3 Å². The second kappa shape index (κ2) is 25.4. The van der Waals surface area contributed by atoms with Crippen molar-refractivity contribution in [3.63, 3.8) is 0 Å². The summed E-state index contributed by atoms with van der Waals surface area (Å²) in [7, 11) is 0. The molecule has 0 saturated carbocycles. The van der Waals surface area contributed by atoms with E-state index in [0.29, 0.717) is 0 Å². The van der Waals surface area contributed by atoms with Gasteiger partial charge in [0, 0.05) is 22.3 Å². The maximum absolute atomic E-state index is 11.4. The first-order valence-corrected chi connectivity index (χ1v) is 19.3. The molecule has 0 fully saturated rings. The van der Waals surface area contributed by atoms with Crippen molar-refractivity contribution in [2.45, 2.75) is 131 Å². The van der Waals surface area contributed by atoms with Gasteiger partial charge < -0.3 is 5.53 Å². The Bertz CT molecular complexity index is 1500. The molecule has 0 saturated heterocycles. The van der Waals surface area contributed by atoms with Crippen molar-refractivity contribution < 1.29 is 21.2 Å². The maximum atomic E-state index is 11.4. The Morgan fingerprint density at radius 2 is 0.843 bits per heavy atom. The van der Waals surface area contributed by atoms with Crippen LogP contribution < -0.4 is 0 Å². The summed E-state index contributed by atoms with van der Waals surface area (Å²) in [6.45, 7) is 12.9. The van der Waals surface area contributed by atoms with Crippen molar-refractivity contribution in [1.29, 1.82) is 0 Å². The van der Waals surface area contributed by atoms with Gasteiger partial charge in [-0.2, -0.15) is 71.8 Å². The maximum Gasteiger partial charge on any atom is 2.00 e. The fourth-order valence-corrected chi connectivity index (χ4v) is 6.37. The molecule has 274 valence electrons. The Hall–Kier alpha value is -3.55. The van der Waals surface area contributed by atoms with Gasteiger partial charge in [0.15, 0.2) is 0 Å². The average Bonchev–Trinajstić information content (AvgIpc) is 3.36. The summed E-state index contributed by atoms with van der Waals surface area (Å²) in [4.78, 5) is 0. The smallest absolute Gasteiger partial charge is 0.493 e. The van der Waals surface area contributed by atoms with Crippen LogP contribution >= 0.6 is 0 Å². The normalized spacial score (nSPS) is 12.2. The molecule has 4 aromatic carbocycles. The molecule has 2 nitrogen and oxygen atoms in total. The van der Waals surface area contributed by atoms with E-state index in [1.54, 1.807) is 0 Å². The molecule has 1 heterocycles. The number of benzene rings is 4. The first-order chi connectivity index (χ1) is 24.3. The SMILES string of the molecule is CCCCCCCCc1cccc(C2=C(C)C(C)=C(c3cccc(CCCCCCCC)c3)[N+]2=[N-])c1.Cc1cc[c-]cc1.Cc1cc[c-]cc1.[Ni+2]. The largest absolute Gasteiger partial charge is 2.00 e. The van der Waals surface area contributed by atoms with Gasteiger partial charge in [0.1, 0.15) is 0 Å². The predicted octanol–water partition coefficient (Wildman–Crippen LogP) is 14.3. The predicted molar refractivity (Wildman–Crippen MR) is 216 cm³/mol. The molecule has 0 atom stereocenters. The van der Waals surface area contributed by atoms with Crippen LogP contribution in [0.1, 0.15) is 138 Å². The summed E-state index contributed by atoms with van der Waals surface area (Å²) in [6.07, 6.45) is 18.0. The molecular weight excluding hydrogens is 663 g/mol. The monoisotopic (exact) mass is 724 g/mol. The quantitative estimate of drug-likeness (QED) is 0.0476. The third kappa shape index (κ3) is 15.7. The van der Waals surface area contributed by atoms with Gasteiger partial charge in [-0.25, -0.2) is 4.70 Å². The summed E-state index contributed by atoms with van der Waals surface area (Å²) in [5.41, 5.74) is 23.1. The summed E-state index contributed by atoms with van der Waals surface area (Å²) in [6, 6.07) is 39.2. The van der Waals surface area contributed by atoms with Crippen LogP contribution in [0.3, 0.4) is 0 Å². The molecule has 0 aliphatic carbocycles. The van der Waals surface area contributed by atoms with Crippen molar-refractivity contribution >= 4 is 11.4 Å². The van der Waals surface area contributed by atoms with E-state index in [1.165, 1.54) is 104 Å². The third-order valence-electron chi connectivity index (χ3n) is 9.51. The van der Waals surface area contributed by atoms with Crippen molar-refractivity contribution in [2.75, 3.05) is 0 Å². The van der Waals surface area contributed by atoms with Gasteiger partial charge in [0.25, 0.3) is 0 Å². The van der Waals surface area contributed by atoms with Crippen LogP contribution in [0.25, 0.3) is 16.9 Å². The molecule has 1 aliphatic heterocycles. The van der Waals surface area contributed by atoms with Crippen molar-refractivity contribution in [2.24, 2.45) is 0 Å². The van der Waals surface area contributed by atoms with Gasteiger partial charge in [-0.05, 0) is 74.9 Å². The van der Waals surface area contributed by atoms with Crippen LogP contribution in [-0.4, -0.2) is 4.70 Å². The molecule has 0 unspecified atom stereocenters.